The van der Waals surface area contributed by atoms with Gasteiger partial charge in [-0.3, -0.25) is 4.68 Å². The molecule has 0 unspecified atom stereocenters. The third-order valence-electron chi connectivity index (χ3n) is 6.90. The van der Waals surface area contributed by atoms with Gasteiger partial charge in [-0.2, -0.15) is 5.10 Å². The zero-order valence-corrected chi connectivity index (χ0v) is 17.9. The number of nitrogens with one attached hydrogen (secondary N) is 1. The third kappa shape index (κ3) is 3.50. The number of phenolic OH excluding ortho intramolecular Hbond substituents is 1. The Labute approximate surface area is 185 Å². The highest BCUT2D eigenvalue weighted by Gasteiger charge is 2.45. The van der Waals surface area contributed by atoms with E-state index in [0.29, 0.717) is 23.9 Å². The lowest BCUT2D eigenvalue weighted by atomic mass is 9.98. The van der Waals surface area contributed by atoms with E-state index in [1.54, 1.807) is 29.2 Å². The first-order chi connectivity index (χ1) is 15.5. The van der Waals surface area contributed by atoms with E-state index in [0.717, 1.165) is 42.6 Å². The molecule has 8 nitrogen and oxygen atoms in total. The molecule has 0 radical (unpaired) electrons. The zero-order chi connectivity index (χ0) is 21.8. The lowest BCUT2D eigenvalue weighted by Crippen LogP contribution is -2.50. The van der Waals surface area contributed by atoms with Gasteiger partial charge in [0.1, 0.15) is 11.9 Å². The number of halogens is 1. The van der Waals surface area contributed by atoms with Crippen LogP contribution in [-0.2, 0) is 7.05 Å². The highest BCUT2D eigenvalue weighted by atomic mass is 19.1. The van der Waals surface area contributed by atoms with Crippen LogP contribution in [0.4, 0.5) is 10.2 Å². The number of aryl methyl sites for hydroxylation is 1. The smallest absolute Gasteiger partial charge is 0.185 e. The van der Waals surface area contributed by atoms with E-state index in [1.807, 2.05) is 19.3 Å². The van der Waals surface area contributed by atoms with Crippen LogP contribution in [0.2, 0.25) is 0 Å². The van der Waals surface area contributed by atoms with Crippen molar-refractivity contribution in [3.05, 3.63) is 36.8 Å². The minimum absolute atomic E-state index is 0.0598. The summed E-state index contributed by atoms with van der Waals surface area (Å²) >= 11 is 0. The molecule has 2 bridgehead atoms. The minimum Gasteiger partial charge on any atom is -0.507 e. The van der Waals surface area contributed by atoms with Gasteiger partial charge in [0.25, 0.3) is 0 Å². The van der Waals surface area contributed by atoms with E-state index in [4.69, 9.17) is 0 Å². The number of hydrogen-bond donors (Lipinski definition) is 2. The first-order valence-electron chi connectivity index (χ1n) is 11.3. The molecule has 0 spiro atoms. The van der Waals surface area contributed by atoms with Crippen molar-refractivity contribution in [3.63, 3.8) is 0 Å². The van der Waals surface area contributed by atoms with Gasteiger partial charge in [-0.25, -0.2) is 9.37 Å². The SMILES string of the molecule is Cn1cc(-c2ccc(-c3ncc(N(C4CC4)[C@@H]4C[C@H]5C[C@@H](F)[C@@H](C4)N5)nn3)c(O)c2)cn1. The molecular formula is C23H26FN7O. The second kappa shape index (κ2) is 7.51. The Morgan fingerprint density at radius 1 is 1.09 bits per heavy atom. The summed E-state index contributed by atoms with van der Waals surface area (Å²) in [5.41, 5.74) is 2.33. The first kappa shape index (κ1) is 19.6. The molecule has 2 aliphatic heterocycles. The molecule has 9 heteroatoms. The fourth-order valence-electron chi connectivity index (χ4n) is 5.24. The van der Waals surface area contributed by atoms with E-state index in [9.17, 15) is 9.50 Å². The molecule has 3 aromatic rings. The molecule has 2 saturated heterocycles. The van der Waals surface area contributed by atoms with Gasteiger partial charge in [-0.05, 0) is 49.8 Å². The van der Waals surface area contributed by atoms with Crippen LogP contribution in [0.5, 0.6) is 5.75 Å². The monoisotopic (exact) mass is 435 g/mol. The lowest BCUT2D eigenvalue weighted by molar-refractivity contribution is 0.271. The second-order valence-electron chi connectivity index (χ2n) is 9.26. The van der Waals surface area contributed by atoms with Crippen molar-refractivity contribution in [3.8, 4) is 28.3 Å². The Morgan fingerprint density at radius 2 is 1.97 bits per heavy atom. The molecule has 6 rings (SSSR count). The van der Waals surface area contributed by atoms with E-state index in [2.05, 4.69) is 30.5 Å². The summed E-state index contributed by atoms with van der Waals surface area (Å²) in [7, 11) is 1.86. The Balaban J connectivity index is 1.25. The van der Waals surface area contributed by atoms with Gasteiger partial charge >= 0.3 is 0 Å². The van der Waals surface area contributed by atoms with Crippen molar-refractivity contribution in [2.24, 2.45) is 7.05 Å². The molecule has 32 heavy (non-hydrogen) atoms. The molecule has 2 N–H and O–H groups in total. The van der Waals surface area contributed by atoms with Crippen LogP contribution >= 0.6 is 0 Å². The van der Waals surface area contributed by atoms with Crippen LogP contribution in [0.15, 0.2) is 36.8 Å². The van der Waals surface area contributed by atoms with Crippen molar-refractivity contribution in [2.75, 3.05) is 4.90 Å². The molecule has 4 atom stereocenters. The van der Waals surface area contributed by atoms with Gasteiger partial charge in [0.2, 0.25) is 0 Å². The number of hydrogen-bond acceptors (Lipinski definition) is 7. The number of aromatic hydroxyl groups is 1. The summed E-state index contributed by atoms with van der Waals surface area (Å²) in [6.45, 7) is 0. The molecule has 3 fully saturated rings. The first-order valence-corrected chi connectivity index (χ1v) is 11.3. The number of nitrogens with zero attached hydrogens (tertiary/aromatic N) is 6. The number of alkyl halides is 1. The minimum atomic E-state index is -0.754. The second-order valence-corrected chi connectivity index (χ2v) is 9.26. The topological polar surface area (TPSA) is 92.0 Å². The normalized spacial score (nSPS) is 26.9. The number of piperidine rings is 1. The maximum Gasteiger partial charge on any atom is 0.185 e. The molecule has 2 aromatic heterocycles. The van der Waals surface area contributed by atoms with Crippen LogP contribution in [0.25, 0.3) is 22.5 Å². The fraction of sp³-hybridized carbons (Fsp3) is 0.478. The van der Waals surface area contributed by atoms with Crippen molar-refractivity contribution in [2.45, 2.75) is 62.4 Å². The Hall–Kier alpha value is -3.07. The average Bonchev–Trinajstić information content (AvgIpc) is 3.46. The van der Waals surface area contributed by atoms with Crippen molar-refractivity contribution in [1.82, 2.24) is 30.3 Å². The molecule has 3 aliphatic rings. The standard InChI is InChI=1S/C23H26FN7O/c1-30-12-14(10-26-30)13-2-5-18(21(32)6-13)23-25-11-22(28-29-23)31(16-3-4-16)17-7-15-8-19(24)20(9-17)27-15/h2,5-6,10-12,15-17,19-20,27,32H,3-4,7-9H2,1H3/t15-,17+,19+,20+/m0/s1. The molecule has 1 saturated carbocycles. The van der Waals surface area contributed by atoms with Crippen molar-refractivity contribution >= 4 is 5.82 Å². The maximum absolute atomic E-state index is 14.2. The quantitative estimate of drug-likeness (QED) is 0.637. The van der Waals surface area contributed by atoms with Crippen LogP contribution < -0.4 is 10.2 Å². The van der Waals surface area contributed by atoms with Crippen molar-refractivity contribution < 1.29 is 9.50 Å². The summed E-state index contributed by atoms with van der Waals surface area (Å²) < 4.78 is 15.9. The number of rotatable bonds is 5. The van der Waals surface area contributed by atoms with E-state index < -0.39 is 6.17 Å². The Kier molecular flexibility index (Phi) is 4.60. The van der Waals surface area contributed by atoms with Crippen LogP contribution in [0, 0.1) is 0 Å². The van der Waals surface area contributed by atoms with Crippen LogP contribution in [0.3, 0.4) is 0 Å². The summed E-state index contributed by atoms with van der Waals surface area (Å²) in [5.74, 6) is 1.22. The maximum atomic E-state index is 14.2. The number of phenols is 1. The largest absolute Gasteiger partial charge is 0.507 e. The molecule has 1 aliphatic carbocycles. The summed E-state index contributed by atoms with van der Waals surface area (Å²) in [6.07, 6.45) is 9.20. The number of fused-ring (bicyclic) bond motifs is 2. The number of anilines is 1. The fourth-order valence-corrected chi connectivity index (χ4v) is 5.24. The highest BCUT2D eigenvalue weighted by molar-refractivity contribution is 5.72. The predicted molar refractivity (Wildman–Crippen MR) is 118 cm³/mol. The van der Waals surface area contributed by atoms with Gasteiger partial charge in [0.15, 0.2) is 11.6 Å². The molecule has 1 aromatic carbocycles. The molecule has 4 heterocycles. The molecular weight excluding hydrogens is 409 g/mol. The van der Waals surface area contributed by atoms with E-state index in [1.165, 1.54) is 0 Å². The van der Waals surface area contributed by atoms with E-state index in [-0.39, 0.29) is 23.9 Å². The Bertz CT molecular complexity index is 1130. The zero-order valence-electron chi connectivity index (χ0n) is 17.9. The van der Waals surface area contributed by atoms with Crippen LogP contribution in [-0.4, -0.2) is 60.4 Å². The van der Waals surface area contributed by atoms with Crippen molar-refractivity contribution in [1.29, 1.82) is 0 Å². The van der Waals surface area contributed by atoms with Gasteiger partial charge < -0.3 is 15.3 Å². The average molecular weight is 436 g/mol. The molecule has 166 valence electrons. The summed E-state index contributed by atoms with van der Waals surface area (Å²) in [6, 6.07) is 6.29. The van der Waals surface area contributed by atoms with Gasteiger partial charge in [-0.1, -0.05) is 6.07 Å². The predicted octanol–water partition coefficient (Wildman–Crippen LogP) is 2.84. The van der Waals surface area contributed by atoms with Gasteiger partial charge in [-0.15, -0.1) is 10.2 Å². The Morgan fingerprint density at radius 3 is 2.62 bits per heavy atom. The highest BCUT2D eigenvalue weighted by Crippen LogP contribution is 2.39. The number of benzene rings is 1. The number of aromatic nitrogens is 5. The lowest BCUT2D eigenvalue weighted by Gasteiger charge is -2.38. The summed E-state index contributed by atoms with van der Waals surface area (Å²) in [4.78, 5) is 6.84. The molecule has 0 amide bonds. The van der Waals surface area contributed by atoms with Gasteiger partial charge in [0.05, 0.1) is 18.0 Å². The third-order valence-corrected chi connectivity index (χ3v) is 6.90. The van der Waals surface area contributed by atoms with Crippen LogP contribution in [0.1, 0.15) is 32.1 Å². The van der Waals surface area contributed by atoms with Gasteiger partial charge in [0, 0.05) is 43.0 Å². The van der Waals surface area contributed by atoms with E-state index >= 15 is 0 Å². The summed E-state index contributed by atoms with van der Waals surface area (Å²) in [5, 5.41) is 27.0.